The number of piperidine rings is 1. The lowest BCUT2D eigenvalue weighted by Gasteiger charge is -2.31. The van der Waals surface area contributed by atoms with Gasteiger partial charge in [-0.3, -0.25) is 19.1 Å². The lowest BCUT2D eigenvalue weighted by atomic mass is 9.95. The highest BCUT2D eigenvalue weighted by molar-refractivity contribution is 7.16. The van der Waals surface area contributed by atoms with Gasteiger partial charge >= 0.3 is 4.87 Å². The summed E-state index contributed by atoms with van der Waals surface area (Å²) in [7, 11) is 0. The summed E-state index contributed by atoms with van der Waals surface area (Å²) in [5, 5.41) is 3.06. The first kappa shape index (κ1) is 19.9. The summed E-state index contributed by atoms with van der Waals surface area (Å²) in [6.45, 7) is 7.60. The first-order chi connectivity index (χ1) is 14.0. The third-order valence-corrected chi connectivity index (χ3v) is 6.81. The number of hydrogen-bond acceptors (Lipinski definition) is 4. The highest BCUT2D eigenvalue weighted by Gasteiger charge is 2.25. The van der Waals surface area contributed by atoms with E-state index in [1.54, 1.807) is 4.57 Å². The molecule has 29 heavy (non-hydrogen) atoms. The van der Waals surface area contributed by atoms with Crippen LogP contribution in [0.15, 0.2) is 47.3 Å². The molecule has 0 unspecified atom stereocenters. The van der Waals surface area contributed by atoms with Crippen molar-refractivity contribution >= 4 is 33.1 Å². The van der Waals surface area contributed by atoms with E-state index in [1.807, 2.05) is 25.1 Å². The topological polar surface area (TPSA) is 54.3 Å². The van der Waals surface area contributed by atoms with Gasteiger partial charge in [0.25, 0.3) is 0 Å². The summed E-state index contributed by atoms with van der Waals surface area (Å²) in [4.78, 5) is 27.3. The van der Waals surface area contributed by atoms with Gasteiger partial charge in [-0.15, -0.1) is 0 Å². The standard InChI is InChI=1S/C23H27N3O2S/c1-3-26-20-9-8-19(14-21(20)29-23(26)28)24-22(27)17-10-12-25(13-11-17)15-18-7-5-4-6-16(18)2/h4-9,14,17H,3,10-13,15H2,1-2H3,(H,24,27). The molecule has 0 radical (unpaired) electrons. The molecule has 6 heteroatoms. The summed E-state index contributed by atoms with van der Waals surface area (Å²) in [6.07, 6.45) is 1.75. The van der Waals surface area contributed by atoms with E-state index in [0.29, 0.717) is 6.54 Å². The molecule has 5 nitrogen and oxygen atoms in total. The second kappa shape index (κ2) is 8.51. The number of carbonyl (C=O) groups excluding carboxylic acids is 1. The Hall–Kier alpha value is -2.44. The van der Waals surface area contributed by atoms with Gasteiger partial charge in [0.1, 0.15) is 0 Å². The largest absolute Gasteiger partial charge is 0.326 e. The predicted octanol–water partition coefficient (Wildman–Crippen LogP) is 4.24. The first-order valence-corrected chi connectivity index (χ1v) is 11.1. The number of nitrogens with one attached hydrogen (secondary N) is 1. The smallest absolute Gasteiger partial charge is 0.308 e. The fraction of sp³-hybridized carbons (Fsp3) is 0.391. The van der Waals surface area contributed by atoms with Gasteiger partial charge in [0.2, 0.25) is 5.91 Å². The molecule has 1 amide bonds. The molecule has 2 aromatic carbocycles. The molecular formula is C23H27N3O2S. The number of anilines is 1. The number of carbonyl (C=O) groups is 1. The molecular weight excluding hydrogens is 382 g/mol. The van der Waals surface area contributed by atoms with E-state index >= 15 is 0 Å². The summed E-state index contributed by atoms with van der Waals surface area (Å²) in [6, 6.07) is 14.2. The zero-order chi connectivity index (χ0) is 20.4. The van der Waals surface area contributed by atoms with Crippen LogP contribution in [0.3, 0.4) is 0 Å². The summed E-state index contributed by atoms with van der Waals surface area (Å²) in [5.41, 5.74) is 4.39. The third-order valence-electron chi connectivity index (χ3n) is 5.87. The number of rotatable bonds is 5. The van der Waals surface area contributed by atoms with Crippen molar-refractivity contribution in [3.63, 3.8) is 0 Å². The number of thiazole rings is 1. The van der Waals surface area contributed by atoms with Crippen LogP contribution in [0.5, 0.6) is 0 Å². The van der Waals surface area contributed by atoms with Gasteiger partial charge in [0.15, 0.2) is 0 Å². The molecule has 1 aliphatic heterocycles. The van der Waals surface area contributed by atoms with E-state index in [-0.39, 0.29) is 16.7 Å². The number of aromatic nitrogens is 1. The molecule has 0 saturated carbocycles. The van der Waals surface area contributed by atoms with Crippen molar-refractivity contribution in [1.82, 2.24) is 9.47 Å². The average Bonchev–Trinajstić information content (AvgIpc) is 3.04. The quantitative estimate of drug-likeness (QED) is 0.686. The molecule has 3 aromatic rings. The number of fused-ring (bicyclic) bond motifs is 1. The molecule has 1 fully saturated rings. The van der Waals surface area contributed by atoms with Crippen LogP contribution in [0.4, 0.5) is 5.69 Å². The molecule has 2 heterocycles. The van der Waals surface area contributed by atoms with Crippen molar-refractivity contribution in [2.45, 2.75) is 39.8 Å². The van der Waals surface area contributed by atoms with Gasteiger partial charge in [0, 0.05) is 24.7 Å². The Balaban J connectivity index is 1.36. The van der Waals surface area contributed by atoms with Crippen LogP contribution in [0.25, 0.3) is 10.2 Å². The van der Waals surface area contributed by atoms with Gasteiger partial charge < -0.3 is 5.32 Å². The molecule has 152 valence electrons. The van der Waals surface area contributed by atoms with Crippen molar-refractivity contribution in [3.05, 3.63) is 63.3 Å². The van der Waals surface area contributed by atoms with Gasteiger partial charge in [-0.25, -0.2) is 0 Å². The summed E-state index contributed by atoms with van der Waals surface area (Å²) in [5.74, 6) is 0.125. The molecule has 4 rings (SSSR count). The number of likely N-dealkylation sites (tertiary alicyclic amines) is 1. The van der Waals surface area contributed by atoms with Crippen molar-refractivity contribution in [2.24, 2.45) is 5.92 Å². The monoisotopic (exact) mass is 409 g/mol. The van der Waals surface area contributed by atoms with Crippen molar-refractivity contribution in [1.29, 1.82) is 0 Å². The first-order valence-electron chi connectivity index (χ1n) is 10.3. The Bertz CT molecular complexity index is 1080. The zero-order valence-electron chi connectivity index (χ0n) is 17.0. The maximum absolute atomic E-state index is 12.8. The highest BCUT2D eigenvalue weighted by atomic mass is 32.1. The summed E-state index contributed by atoms with van der Waals surface area (Å²) < 4.78 is 2.68. The van der Waals surface area contributed by atoms with Gasteiger partial charge in [-0.2, -0.15) is 0 Å². The van der Waals surface area contributed by atoms with Crippen LogP contribution in [0.1, 0.15) is 30.9 Å². The fourth-order valence-electron chi connectivity index (χ4n) is 4.07. The summed E-state index contributed by atoms with van der Waals surface area (Å²) >= 11 is 1.23. The predicted molar refractivity (Wildman–Crippen MR) is 120 cm³/mol. The number of amides is 1. The van der Waals surface area contributed by atoms with Crippen LogP contribution in [0, 0.1) is 12.8 Å². The number of aryl methyl sites for hydroxylation is 2. The lowest BCUT2D eigenvalue weighted by molar-refractivity contribution is -0.121. The Morgan fingerprint density at radius 2 is 1.93 bits per heavy atom. The minimum atomic E-state index is 0.0396. The van der Waals surface area contributed by atoms with Crippen LogP contribution in [0.2, 0.25) is 0 Å². The minimum absolute atomic E-state index is 0.0396. The molecule has 0 aliphatic carbocycles. The van der Waals surface area contributed by atoms with E-state index < -0.39 is 0 Å². The molecule has 1 aromatic heterocycles. The maximum Gasteiger partial charge on any atom is 0.308 e. The molecule has 1 aliphatic rings. The van der Waals surface area contributed by atoms with Crippen LogP contribution in [-0.4, -0.2) is 28.5 Å². The molecule has 1 saturated heterocycles. The number of nitrogens with zero attached hydrogens (tertiary/aromatic N) is 2. The van der Waals surface area contributed by atoms with Crippen molar-refractivity contribution < 1.29 is 4.79 Å². The van der Waals surface area contributed by atoms with Crippen LogP contribution in [-0.2, 0) is 17.9 Å². The highest BCUT2D eigenvalue weighted by Crippen LogP contribution is 2.25. The molecule has 1 N–H and O–H groups in total. The number of hydrogen-bond donors (Lipinski definition) is 1. The molecule has 0 atom stereocenters. The SMILES string of the molecule is CCn1c(=O)sc2cc(NC(=O)C3CCN(Cc4ccccc4C)CC3)ccc21. The van der Waals surface area contributed by atoms with E-state index in [0.717, 1.165) is 48.4 Å². The Morgan fingerprint density at radius 1 is 1.17 bits per heavy atom. The minimum Gasteiger partial charge on any atom is -0.326 e. The molecule has 0 spiro atoms. The fourth-order valence-corrected chi connectivity index (χ4v) is 5.06. The van der Waals surface area contributed by atoms with Gasteiger partial charge in [0.05, 0.1) is 10.2 Å². The Morgan fingerprint density at radius 3 is 2.66 bits per heavy atom. The van der Waals surface area contributed by atoms with Crippen LogP contribution >= 0.6 is 11.3 Å². The van der Waals surface area contributed by atoms with Crippen LogP contribution < -0.4 is 10.2 Å². The molecule has 0 bridgehead atoms. The normalized spacial score (nSPS) is 15.7. The van der Waals surface area contributed by atoms with Gasteiger partial charge in [-0.05, 0) is 69.1 Å². The second-order valence-corrected chi connectivity index (χ2v) is 8.75. The number of benzene rings is 2. The van der Waals surface area contributed by atoms with Crippen molar-refractivity contribution in [3.8, 4) is 0 Å². The van der Waals surface area contributed by atoms with Gasteiger partial charge in [-0.1, -0.05) is 35.6 Å². The van der Waals surface area contributed by atoms with Crippen molar-refractivity contribution in [2.75, 3.05) is 18.4 Å². The van der Waals surface area contributed by atoms with E-state index in [2.05, 4.69) is 41.4 Å². The maximum atomic E-state index is 12.8. The van der Waals surface area contributed by atoms with E-state index in [4.69, 9.17) is 0 Å². The van der Waals surface area contributed by atoms with E-state index in [9.17, 15) is 9.59 Å². The second-order valence-electron chi connectivity index (χ2n) is 7.76. The average molecular weight is 410 g/mol. The zero-order valence-corrected chi connectivity index (χ0v) is 17.8. The Labute approximate surface area is 175 Å². The Kier molecular flexibility index (Phi) is 5.83. The van der Waals surface area contributed by atoms with E-state index in [1.165, 1.54) is 22.5 Å². The third kappa shape index (κ3) is 4.28. The lowest BCUT2D eigenvalue weighted by Crippen LogP contribution is -2.37.